The molecule has 1 atom stereocenters. The van der Waals surface area contributed by atoms with Gasteiger partial charge in [0.25, 0.3) is 5.91 Å². The molecular weight excluding hydrogens is 237 g/mol. The van der Waals surface area contributed by atoms with Crippen LogP contribution in [0, 0.1) is 11.7 Å². The highest BCUT2D eigenvalue weighted by molar-refractivity contribution is 5.94. The summed E-state index contributed by atoms with van der Waals surface area (Å²) in [5.41, 5.74) is 0.00328. The number of likely N-dealkylation sites (tertiary alicyclic amines) is 1. The van der Waals surface area contributed by atoms with E-state index < -0.39 is 23.6 Å². The minimum Gasteiger partial charge on any atom is -0.481 e. The van der Waals surface area contributed by atoms with Gasteiger partial charge >= 0.3 is 5.97 Å². The van der Waals surface area contributed by atoms with E-state index in [1.165, 1.54) is 23.1 Å². The number of nitrogens with zero attached hydrogens (tertiary/aromatic N) is 1. The highest BCUT2D eigenvalue weighted by atomic mass is 19.1. The second-order valence-electron chi connectivity index (χ2n) is 4.41. The first-order chi connectivity index (χ1) is 8.59. The van der Waals surface area contributed by atoms with E-state index in [1.54, 1.807) is 6.07 Å². The molecule has 0 saturated carbocycles. The lowest BCUT2D eigenvalue weighted by Gasteiger charge is -2.30. The number of carbonyl (C=O) groups excluding carboxylic acids is 1. The van der Waals surface area contributed by atoms with E-state index in [2.05, 4.69) is 0 Å². The SMILES string of the molecule is O=C(O)[C@@H]1CCCN(C(=O)c2ccccc2F)C1. The van der Waals surface area contributed by atoms with E-state index in [0.29, 0.717) is 19.4 Å². The Morgan fingerprint density at radius 3 is 2.72 bits per heavy atom. The van der Waals surface area contributed by atoms with E-state index in [-0.39, 0.29) is 12.1 Å². The lowest BCUT2D eigenvalue weighted by atomic mass is 9.97. The summed E-state index contributed by atoms with van der Waals surface area (Å²) in [5.74, 6) is -2.45. The molecule has 0 bridgehead atoms. The number of rotatable bonds is 2. The Balaban J connectivity index is 2.14. The lowest BCUT2D eigenvalue weighted by molar-refractivity contribution is -0.143. The number of halogens is 1. The van der Waals surface area contributed by atoms with Gasteiger partial charge in [0.05, 0.1) is 11.5 Å². The van der Waals surface area contributed by atoms with Gasteiger partial charge in [-0.25, -0.2) is 4.39 Å². The smallest absolute Gasteiger partial charge is 0.308 e. The molecule has 0 unspecified atom stereocenters. The molecule has 1 aliphatic heterocycles. The Morgan fingerprint density at radius 2 is 2.06 bits per heavy atom. The highest BCUT2D eigenvalue weighted by Gasteiger charge is 2.29. The third-order valence-corrected chi connectivity index (χ3v) is 3.16. The topological polar surface area (TPSA) is 57.6 Å². The maximum Gasteiger partial charge on any atom is 0.308 e. The fourth-order valence-electron chi connectivity index (χ4n) is 2.17. The zero-order valence-electron chi connectivity index (χ0n) is 9.80. The van der Waals surface area contributed by atoms with Gasteiger partial charge < -0.3 is 10.0 Å². The van der Waals surface area contributed by atoms with Crippen LogP contribution in [0.5, 0.6) is 0 Å². The summed E-state index contributed by atoms with van der Waals surface area (Å²) in [4.78, 5) is 24.4. The molecule has 0 aromatic heterocycles. The van der Waals surface area contributed by atoms with E-state index >= 15 is 0 Å². The second-order valence-corrected chi connectivity index (χ2v) is 4.41. The third-order valence-electron chi connectivity index (χ3n) is 3.16. The number of hydrogen-bond donors (Lipinski definition) is 1. The first-order valence-corrected chi connectivity index (χ1v) is 5.86. The quantitative estimate of drug-likeness (QED) is 0.871. The third kappa shape index (κ3) is 2.50. The van der Waals surface area contributed by atoms with Crippen LogP contribution in [-0.2, 0) is 4.79 Å². The molecule has 0 spiro atoms. The van der Waals surface area contributed by atoms with Crippen molar-refractivity contribution in [2.45, 2.75) is 12.8 Å². The van der Waals surface area contributed by atoms with Crippen molar-refractivity contribution in [3.05, 3.63) is 35.6 Å². The van der Waals surface area contributed by atoms with Crippen LogP contribution >= 0.6 is 0 Å². The zero-order valence-corrected chi connectivity index (χ0v) is 9.80. The van der Waals surface area contributed by atoms with Crippen LogP contribution in [0.2, 0.25) is 0 Å². The highest BCUT2D eigenvalue weighted by Crippen LogP contribution is 2.19. The summed E-state index contributed by atoms with van der Waals surface area (Å²) in [6, 6.07) is 5.76. The molecule has 1 N–H and O–H groups in total. The molecule has 0 aliphatic carbocycles. The summed E-state index contributed by atoms with van der Waals surface area (Å²) in [6.07, 6.45) is 1.20. The van der Waals surface area contributed by atoms with Crippen molar-refractivity contribution in [3.63, 3.8) is 0 Å². The molecule has 1 fully saturated rings. The van der Waals surface area contributed by atoms with Gasteiger partial charge in [-0.1, -0.05) is 12.1 Å². The zero-order chi connectivity index (χ0) is 13.1. The van der Waals surface area contributed by atoms with Crippen LogP contribution in [0.4, 0.5) is 4.39 Å². The normalized spacial score (nSPS) is 19.6. The number of carbonyl (C=O) groups is 2. The van der Waals surface area contributed by atoms with Crippen LogP contribution in [0.25, 0.3) is 0 Å². The van der Waals surface area contributed by atoms with Gasteiger partial charge in [0.1, 0.15) is 5.82 Å². The van der Waals surface area contributed by atoms with Gasteiger partial charge in [-0.3, -0.25) is 9.59 Å². The fourth-order valence-corrected chi connectivity index (χ4v) is 2.17. The second kappa shape index (κ2) is 5.16. The molecule has 4 nitrogen and oxygen atoms in total. The van der Waals surface area contributed by atoms with Crippen molar-refractivity contribution in [1.82, 2.24) is 4.90 Å². The maximum atomic E-state index is 13.5. The molecule has 1 aromatic carbocycles. The number of piperidine rings is 1. The van der Waals surface area contributed by atoms with Crippen LogP contribution < -0.4 is 0 Å². The van der Waals surface area contributed by atoms with E-state index in [4.69, 9.17) is 5.11 Å². The predicted octanol–water partition coefficient (Wildman–Crippen LogP) is 1.76. The summed E-state index contributed by atoms with van der Waals surface area (Å²) < 4.78 is 13.5. The summed E-state index contributed by atoms with van der Waals surface area (Å²) in [5, 5.41) is 8.95. The average Bonchev–Trinajstić information content (AvgIpc) is 2.38. The van der Waals surface area contributed by atoms with Gasteiger partial charge in [-0.15, -0.1) is 0 Å². The van der Waals surface area contributed by atoms with Crippen molar-refractivity contribution < 1.29 is 19.1 Å². The molecule has 1 saturated heterocycles. The Labute approximate surface area is 104 Å². The minimum atomic E-state index is -0.902. The molecule has 1 aliphatic rings. The van der Waals surface area contributed by atoms with Crippen molar-refractivity contribution in [2.24, 2.45) is 5.92 Å². The monoisotopic (exact) mass is 251 g/mol. The van der Waals surface area contributed by atoms with Crippen LogP contribution in [0.1, 0.15) is 23.2 Å². The van der Waals surface area contributed by atoms with Crippen LogP contribution in [-0.4, -0.2) is 35.0 Å². The molecular formula is C13H14FNO3. The van der Waals surface area contributed by atoms with Gasteiger partial charge in [0, 0.05) is 13.1 Å². The Bertz CT molecular complexity index is 475. The number of aliphatic carboxylic acids is 1. The Kier molecular flexibility index (Phi) is 3.60. The summed E-state index contributed by atoms with van der Waals surface area (Å²) >= 11 is 0. The molecule has 2 rings (SSSR count). The van der Waals surface area contributed by atoms with Gasteiger partial charge in [-0.05, 0) is 25.0 Å². The largest absolute Gasteiger partial charge is 0.481 e. The number of benzene rings is 1. The molecule has 18 heavy (non-hydrogen) atoms. The molecule has 1 heterocycles. The van der Waals surface area contributed by atoms with Crippen LogP contribution in [0.3, 0.4) is 0 Å². The van der Waals surface area contributed by atoms with Crippen molar-refractivity contribution >= 4 is 11.9 Å². The fraction of sp³-hybridized carbons (Fsp3) is 0.385. The molecule has 5 heteroatoms. The van der Waals surface area contributed by atoms with Gasteiger partial charge in [0.15, 0.2) is 0 Å². The van der Waals surface area contributed by atoms with E-state index in [1.807, 2.05) is 0 Å². The average molecular weight is 251 g/mol. The first-order valence-electron chi connectivity index (χ1n) is 5.86. The number of hydrogen-bond acceptors (Lipinski definition) is 2. The molecule has 0 radical (unpaired) electrons. The van der Waals surface area contributed by atoms with Gasteiger partial charge in [0.2, 0.25) is 0 Å². The van der Waals surface area contributed by atoms with Crippen LogP contribution in [0.15, 0.2) is 24.3 Å². The van der Waals surface area contributed by atoms with E-state index in [0.717, 1.165) is 0 Å². The Hall–Kier alpha value is -1.91. The summed E-state index contributed by atoms with van der Waals surface area (Å²) in [6.45, 7) is 0.638. The minimum absolute atomic E-state index is 0.00328. The number of carboxylic acids is 1. The maximum absolute atomic E-state index is 13.5. The number of carboxylic acid groups (broad SMARTS) is 1. The standard InChI is InChI=1S/C13H14FNO3/c14-11-6-2-1-5-10(11)12(16)15-7-3-4-9(8-15)13(17)18/h1-2,5-6,9H,3-4,7-8H2,(H,17,18)/t9-/m1/s1. The first kappa shape index (κ1) is 12.5. The lowest BCUT2D eigenvalue weighted by Crippen LogP contribution is -2.42. The van der Waals surface area contributed by atoms with Crippen molar-refractivity contribution in [1.29, 1.82) is 0 Å². The predicted molar refractivity (Wildman–Crippen MR) is 62.7 cm³/mol. The van der Waals surface area contributed by atoms with Gasteiger partial charge in [-0.2, -0.15) is 0 Å². The Morgan fingerprint density at radius 1 is 1.33 bits per heavy atom. The molecule has 1 amide bonds. The molecule has 96 valence electrons. The van der Waals surface area contributed by atoms with Crippen molar-refractivity contribution in [3.8, 4) is 0 Å². The number of amides is 1. The molecule has 1 aromatic rings. The van der Waals surface area contributed by atoms with Crippen molar-refractivity contribution in [2.75, 3.05) is 13.1 Å². The van der Waals surface area contributed by atoms with E-state index in [9.17, 15) is 14.0 Å². The summed E-state index contributed by atoms with van der Waals surface area (Å²) in [7, 11) is 0.